The largest absolute Gasteiger partial charge is 0.491 e. The summed E-state index contributed by atoms with van der Waals surface area (Å²) in [4.78, 5) is 12.7. The molecule has 0 aliphatic carbocycles. The molecule has 0 saturated heterocycles. The second-order valence-corrected chi connectivity index (χ2v) is 7.80. The van der Waals surface area contributed by atoms with Crippen LogP contribution in [-0.4, -0.2) is 12.6 Å². The third-order valence-corrected chi connectivity index (χ3v) is 5.09. The molecule has 3 aromatic carbocycles. The van der Waals surface area contributed by atoms with E-state index >= 15 is 0 Å². The van der Waals surface area contributed by atoms with E-state index in [1.165, 1.54) is 0 Å². The van der Waals surface area contributed by atoms with Crippen molar-refractivity contribution in [1.82, 2.24) is 0 Å². The number of benzene rings is 3. The van der Waals surface area contributed by atoms with E-state index in [-0.39, 0.29) is 6.03 Å². The van der Waals surface area contributed by atoms with Gasteiger partial charge in [0.15, 0.2) is 0 Å². The number of hydrogen-bond acceptors (Lipinski definition) is 2. The average Bonchev–Trinajstić information content (AvgIpc) is 2.80. The maximum Gasteiger partial charge on any atom is 0.323 e. The van der Waals surface area contributed by atoms with Gasteiger partial charge in [0.25, 0.3) is 0 Å². The minimum Gasteiger partial charge on any atom is -0.491 e. The van der Waals surface area contributed by atoms with Crippen molar-refractivity contribution < 1.29 is 9.53 Å². The highest BCUT2D eigenvalue weighted by Crippen LogP contribution is 2.32. The minimum atomic E-state index is -0.283. The molecule has 0 saturated carbocycles. The summed E-state index contributed by atoms with van der Waals surface area (Å²) in [7, 11) is 0. The summed E-state index contributed by atoms with van der Waals surface area (Å²) < 4.78 is 6.11. The van der Waals surface area contributed by atoms with Crippen LogP contribution in [0.4, 0.5) is 16.2 Å². The highest BCUT2D eigenvalue weighted by molar-refractivity contribution is 6.01. The first kappa shape index (κ1) is 23.1. The van der Waals surface area contributed by atoms with Crippen LogP contribution in [0, 0.1) is 6.92 Å². The number of hydrogen-bond donors (Lipinski definition) is 2. The van der Waals surface area contributed by atoms with E-state index in [0.29, 0.717) is 12.3 Å². The van der Waals surface area contributed by atoms with Crippen molar-refractivity contribution in [2.45, 2.75) is 40.0 Å². The van der Waals surface area contributed by atoms with Crippen LogP contribution in [0.25, 0.3) is 6.08 Å². The Morgan fingerprint density at radius 2 is 1.72 bits per heavy atom. The van der Waals surface area contributed by atoms with Gasteiger partial charge in [-0.15, -0.1) is 0 Å². The first-order valence-electron chi connectivity index (χ1n) is 11.2. The smallest absolute Gasteiger partial charge is 0.323 e. The molecule has 4 nitrogen and oxygen atoms in total. The number of urea groups is 1. The fraction of sp³-hybridized carbons (Fsp3) is 0.250. The first-order chi connectivity index (χ1) is 15.6. The van der Waals surface area contributed by atoms with Crippen molar-refractivity contribution in [1.29, 1.82) is 0 Å². The van der Waals surface area contributed by atoms with E-state index in [1.54, 1.807) is 0 Å². The molecule has 0 aliphatic rings. The van der Waals surface area contributed by atoms with Crippen LogP contribution in [0.3, 0.4) is 0 Å². The summed E-state index contributed by atoms with van der Waals surface area (Å²) in [6, 6.07) is 21.9. The maximum absolute atomic E-state index is 12.7. The van der Waals surface area contributed by atoms with E-state index in [4.69, 9.17) is 4.74 Å². The number of nitrogens with one attached hydrogen (secondary N) is 2. The van der Waals surface area contributed by atoms with Gasteiger partial charge in [-0.2, -0.15) is 0 Å². The van der Waals surface area contributed by atoms with Gasteiger partial charge in [-0.25, -0.2) is 4.79 Å². The molecule has 0 heterocycles. The van der Waals surface area contributed by atoms with Gasteiger partial charge in [0.1, 0.15) is 5.75 Å². The number of carbonyl (C=O) groups excluding carboxylic acids is 1. The van der Waals surface area contributed by atoms with Crippen LogP contribution < -0.4 is 15.4 Å². The molecule has 0 aromatic heterocycles. The number of carbonyl (C=O) groups is 1. The standard InChI is InChI=1S/C28H32N2O2/c1-4-18-32-27-24(13-9-12-23-10-7-6-8-11-23)19-22(5-2)20-26(27)30-28(31)29-25-16-14-21(3)15-17-25/h6-12,14-17,19-20H,4-5,13,18H2,1-3H3,(H2,29,30,31). The second kappa shape index (κ2) is 11.8. The monoisotopic (exact) mass is 428 g/mol. The number of anilines is 2. The number of aryl methyl sites for hydroxylation is 2. The van der Waals surface area contributed by atoms with Crippen molar-refractivity contribution in [3.05, 3.63) is 95.1 Å². The summed E-state index contributed by atoms with van der Waals surface area (Å²) in [6.45, 7) is 6.80. The van der Waals surface area contributed by atoms with Gasteiger partial charge in [0.05, 0.1) is 12.3 Å². The Morgan fingerprint density at radius 3 is 2.41 bits per heavy atom. The van der Waals surface area contributed by atoms with Crippen LogP contribution in [0.5, 0.6) is 5.75 Å². The molecule has 4 heteroatoms. The Balaban J connectivity index is 1.84. The Hall–Kier alpha value is -3.53. The van der Waals surface area contributed by atoms with Crippen LogP contribution in [-0.2, 0) is 12.8 Å². The predicted octanol–water partition coefficient (Wildman–Crippen LogP) is 7.25. The number of allylic oxidation sites excluding steroid dienone is 1. The quantitative estimate of drug-likeness (QED) is 0.377. The van der Waals surface area contributed by atoms with Crippen LogP contribution in [0.2, 0.25) is 0 Å². The normalized spacial score (nSPS) is 10.8. The third kappa shape index (κ3) is 6.74. The zero-order chi connectivity index (χ0) is 22.8. The molecule has 0 aliphatic heterocycles. The second-order valence-electron chi connectivity index (χ2n) is 7.80. The third-order valence-electron chi connectivity index (χ3n) is 5.09. The minimum absolute atomic E-state index is 0.283. The summed E-state index contributed by atoms with van der Waals surface area (Å²) in [5.41, 5.74) is 5.98. The predicted molar refractivity (Wildman–Crippen MR) is 135 cm³/mol. The average molecular weight is 429 g/mol. The van der Waals surface area contributed by atoms with Gasteiger partial charge in [-0.05, 0) is 55.5 Å². The first-order valence-corrected chi connectivity index (χ1v) is 11.2. The van der Waals surface area contributed by atoms with Crippen molar-refractivity contribution in [2.24, 2.45) is 0 Å². The zero-order valence-corrected chi connectivity index (χ0v) is 19.2. The lowest BCUT2D eigenvalue weighted by Crippen LogP contribution is -2.20. The molecule has 2 N–H and O–H groups in total. The maximum atomic E-state index is 12.7. The number of amides is 2. The molecule has 0 unspecified atom stereocenters. The van der Waals surface area contributed by atoms with Crippen molar-refractivity contribution >= 4 is 23.5 Å². The molecule has 0 fully saturated rings. The van der Waals surface area contributed by atoms with Gasteiger partial charge >= 0.3 is 6.03 Å². The molecule has 3 aromatic rings. The van der Waals surface area contributed by atoms with E-state index in [9.17, 15) is 4.79 Å². The summed E-state index contributed by atoms with van der Waals surface area (Å²) >= 11 is 0. The summed E-state index contributed by atoms with van der Waals surface area (Å²) in [5, 5.41) is 5.91. The van der Waals surface area contributed by atoms with E-state index in [0.717, 1.165) is 53.0 Å². The lowest BCUT2D eigenvalue weighted by Gasteiger charge is -2.18. The lowest BCUT2D eigenvalue weighted by atomic mass is 10.0. The summed E-state index contributed by atoms with van der Waals surface area (Å²) in [5.74, 6) is 0.737. The SMILES string of the molecule is CCCOc1c(CC=Cc2ccccc2)cc(CC)cc1NC(=O)Nc1ccc(C)cc1. The molecule has 0 atom stereocenters. The Kier molecular flexibility index (Phi) is 8.50. The van der Waals surface area contributed by atoms with Crippen LogP contribution in [0.15, 0.2) is 72.8 Å². The highest BCUT2D eigenvalue weighted by Gasteiger charge is 2.14. The molecule has 3 rings (SSSR count). The zero-order valence-electron chi connectivity index (χ0n) is 19.2. The molecular formula is C28H32N2O2. The fourth-order valence-electron chi connectivity index (χ4n) is 3.39. The molecule has 2 amide bonds. The number of rotatable bonds is 9. The number of ether oxygens (including phenoxy) is 1. The van der Waals surface area contributed by atoms with Gasteiger partial charge in [-0.3, -0.25) is 0 Å². The van der Waals surface area contributed by atoms with E-state index in [1.807, 2.05) is 55.5 Å². The van der Waals surface area contributed by atoms with Gasteiger partial charge < -0.3 is 15.4 Å². The Bertz CT molecular complexity index is 1040. The van der Waals surface area contributed by atoms with Gasteiger partial charge in [0, 0.05) is 11.3 Å². The molecule has 0 spiro atoms. The lowest BCUT2D eigenvalue weighted by molar-refractivity contribution is 0.261. The molecular weight excluding hydrogens is 396 g/mol. The topological polar surface area (TPSA) is 50.4 Å². The Morgan fingerprint density at radius 1 is 0.969 bits per heavy atom. The van der Waals surface area contributed by atoms with Crippen LogP contribution in [0.1, 0.15) is 42.5 Å². The molecule has 166 valence electrons. The summed E-state index contributed by atoms with van der Waals surface area (Å²) in [6.07, 6.45) is 6.73. The van der Waals surface area contributed by atoms with Crippen LogP contribution >= 0.6 is 0 Å². The van der Waals surface area contributed by atoms with Gasteiger partial charge in [-0.1, -0.05) is 80.1 Å². The van der Waals surface area contributed by atoms with E-state index in [2.05, 4.69) is 54.8 Å². The molecule has 32 heavy (non-hydrogen) atoms. The van der Waals surface area contributed by atoms with E-state index < -0.39 is 0 Å². The molecule has 0 bridgehead atoms. The fourth-order valence-corrected chi connectivity index (χ4v) is 3.39. The van der Waals surface area contributed by atoms with Crippen molar-refractivity contribution in [3.8, 4) is 5.75 Å². The van der Waals surface area contributed by atoms with Crippen molar-refractivity contribution in [3.63, 3.8) is 0 Å². The van der Waals surface area contributed by atoms with Gasteiger partial charge in [0.2, 0.25) is 0 Å². The van der Waals surface area contributed by atoms with Crippen molar-refractivity contribution in [2.75, 3.05) is 17.2 Å². The molecule has 0 radical (unpaired) electrons. The Labute approximate surface area is 191 Å². The highest BCUT2D eigenvalue weighted by atomic mass is 16.5.